The molecule has 2 aromatic rings. The fourth-order valence-electron chi connectivity index (χ4n) is 3.31. The number of nitrogens with zero attached hydrogens (tertiary/aromatic N) is 2. The lowest BCUT2D eigenvalue weighted by atomic mass is 10.1. The predicted molar refractivity (Wildman–Crippen MR) is 133 cm³/mol. The molecule has 0 aliphatic heterocycles. The third-order valence-corrected chi connectivity index (χ3v) is 6.52. The number of aryl methyl sites for hydroxylation is 1. The predicted octanol–water partition coefficient (Wildman–Crippen LogP) is 3.60. The highest BCUT2D eigenvalue weighted by molar-refractivity contribution is 7.92. The molecule has 2 aromatic carbocycles. The third kappa shape index (κ3) is 7.75. The van der Waals surface area contributed by atoms with E-state index < -0.39 is 28.5 Å². The molecule has 0 bridgehead atoms. The molecule has 9 heteroatoms. The summed E-state index contributed by atoms with van der Waals surface area (Å²) in [5.41, 5.74) is 1.88. The number of hydrogen-bond acceptors (Lipinski definition) is 4. The van der Waals surface area contributed by atoms with Crippen LogP contribution in [0.5, 0.6) is 0 Å². The standard InChI is InChI=1S/C24H32ClN3O4S/c1-17(2)14-26-24(30)19(4)27(15-20-10-8-11-21(25)13-20)23(29)16-28(33(5,31)32)22-12-7-6-9-18(22)3/h6-13,17,19H,14-16H2,1-5H3,(H,26,30)/t19-/m0/s1. The smallest absolute Gasteiger partial charge is 0.244 e. The minimum atomic E-state index is -3.75. The molecular weight excluding hydrogens is 462 g/mol. The summed E-state index contributed by atoms with van der Waals surface area (Å²) in [5.74, 6) is -0.545. The van der Waals surface area contributed by atoms with Gasteiger partial charge in [-0.2, -0.15) is 0 Å². The lowest BCUT2D eigenvalue weighted by Crippen LogP contribution is -2.51. The third-order valence-electron chi connectivity index (χ3n) is 5.16. The van der Waals surface area contributed by atoms with Crippen LogP contribution in [-0.4, -0.2) is 50.5 Å². The zero-order chi connectivity index (χ0) is 24.8. The molecule has 1 N–H and O–H groups in total. The van der Waals surface area contributed by atoms with Gasteiger partial charge < -0.3 is 10.2 Å². The number of benzene rings is 2. The number of nitrogens with one attached hydrogen (secondary N) is 1. The number of carbonyl (C=O) groups excluding carboxylic acids is 2. The van der Waals surface area contributed by atoms with Crippen molar-refractivity contribution in [1.29, 1.82) is 0 Å². The van der Waals surface area contributed by atoms with E-state index in [9.17, 15) is 18.0 Å². The Morgan fingerprint density at radius 2 is 1.73 bits per heavy atom. The van der Waals surface area contributed by atoms with Crippen molar-refractivity contribution in [2.24, 2.45) is 5.92 Å². The van der Waals surface area contributed by atoms with E-state index in [1.807, 2.05) is 13.8 Å². The summed E-state index contributed by atoms with van der Waals surface area (Å²) in [5, 5.41) is 3.36. The van der Waals surface area contributed by atoms with E-state index in [0.717, 1.165) is 21.7 Å². The van der Waals surface area contributed by atoms with Gasteiger partial charge in [0.1, 0.15) is 12.6 Å². The topological polar surface area (TPSA) is 86.8 Å². The van der Waals surface area contributed by atoms with Crippen LogP contribution in [0.15, 0.2) is 48.5 Å². The maximum absolute atomic E-state index is 13.5. The first-order chi connectivity index (χ1) is 15.4. The first kappa shape index (κ1) is 26.7. The lowest BCUT2D eigenvalue weighted by molar-refractivity contribution is -0.139. The molecule has 2 rings (SSSR count). The second-order valence-electron chi connectivity index (χ2n) is 8.52. The molecule has 2 amide bonds. The average molecular weight is 494 g/mol. The van der Waals surface area contributed by atoms with Gasteiger partial charge in [0.25, 0.3) is 0 Å². The Morgan fingerprint density at radius 3 is 2.30 bits per heavy atom. The fraction of sp³-hybridized carbons (Fsp3) is 0.417. The minimum absolute atomic E-state index is 0.112. The van der Waals surface area contributed by atoms with Gasteiger partial charge in [-0.25, -0.2) is 8.42 Å². The Bertz CT molecular complexity index is 1090. The van der Waals surface area contributed by atoms with E-state index in [-0.39, 0.29) is 18.4 Å². The minimum Gasteiger partial charge on any atom is -0.354 e. The Kier molecular flexibility index (Phi) is 9.31. The molecule has 0 saturated carbocycles. The highest BCUT2D eigenvalue weighted by atomic mass is 35.5. The van der Waals surface area contributed by atoms with Crippen molar-refractivity contribution in [3.05, 3.63) is 64.7 Å². The van der Waals surface area contributed by atoms with Crippen LogP contribution in [0.3, 0.4) is 0 Å². The Labute approximate surface area is 201 Å². The van der Waals surface area contributed by atoms with Crippen molar-refractivity contribution in [1.82, 2.24) is 10.2 Å². The van der Waals surface area contributed by atoms with Crippen LogP contribution in [0, 0.1) is 12.8 Å². The largest absolute Gasteiger partial charge is 0.354 e. The van der Waals surface area contributed by atoms with Gasteiger partial charge in [-0.05, 0) is 49.1 Å². The van der Waals surface area contributed by atoms with Crippen molar-refractivity contribution in [2.45, 2.75) is 40.3 Å². The first-order valence-corrected chi connectivity index (χ1v) is 13.0. The molecule has 0 heterocycles. The van der Waals surface area contributed by atoms with Crippen LogP contribution < -0.4 is 9.62 Å². The van der Waals surface area contributed by atoms with E-state index >= 15 is 0 Å². The van der Waals surface area contributed by atoms with E-state index in [2.05, 4.69) is 5.32 Å². The van der Waals surface area contributed by atoms with Crippen LogP contribution >= 0.6 is 11.6 Å². The van der Waals surface area contributed by atoms with Gasteiger partial charge >= 0.3 is 0 Å². The normalized spacial score (nSPS) is 12.3. The van der Waals surface area contributed by atoms with Crippen molar-refractivity contribution in [3.63, 3.8) is 0 Å². The van der Waals surface area contributed by atoms with Crippen molar-refractivity contribution in [3.8, 4) is 0 Å². The Morgan fingerprint density at radius 1 is 1.06 bits per heavy atom. The summed E-state index contributed by atoms with van der Waals surface area (Å²) in [4.78, 5) is 27.6. The second kappa shape index (κ2) is 11.5. The second-order valence-corrected chi connectivity index (χ2v) is 10.9. The number of rotatable bonds is 10. The van der Waals surface area contributed by atoms with Crippen LogP contribution in [0.25, 0.3) is 0 Å². The number of carbonyl (C=O) groups is 2. The van der Waals surface area contributed by atoms with E-state index in [1.54, 1.807) is 62.4 Å². The summed E-state index contributed by atoms with van der Waals surface area (Å²) in [6.45, 7) is 7.53. The van der Waals surface area contributed by atoms with Crippen molar-refractivity contribution >= 4 is 39.1 Å². The highest BCUT2D eigenvalue weighted by Gasteiger charge is 2.30. The molecule has 0 unspecified atom stereocenters. The summed E-state index contributed by atoms with van der Waals surface area (Å²) < 4.78 is 26.2. The monoisotopic (exact) mass is 493 g/mol. The van der Waals surface area contributed by atoms with Gasteiger partial charge in [0.2, 0.25) is 21.8 Å². The molecule has 0 fully saturated rings. The maximum Gasteiger partial charge on any atom is 0.244 e. The maximum atomic E-state index is 13.5. The van der Waals surface area contributed by atoms with E-state index in [0.29, 0.717) is 17.3 Å². The van der Waals surface area contributed by atoms with Gasteiger partial charge in [0.05, 0.1) is 11.9 Å². The van der Waals surface area contributed by atoms with E-state index in [1.165, 1.54) is 4.90 Å². The Balaban J connectivity index is 2.38. The molecule has 0 aliphatic carbocycles. The summed E-state index contributed by atoms with van der Waals surface area (Å²) in [6, 6.07) is 13.2. The molecule has 0 radical (unpaired) electrons. The van der Waals surface area contributed by atoms with E-state index in [4.69, 9.17) is 11.6 Å². The molecule has 0 saturated heterocycles. The zero-order valence-electron chi connectivity index (χ0n) is 19.7. The number of amides is 2. The number of halogens is 1. The summed E-state index contributed by atoms with van der Waals surface area (Å²) in [7, 11) is -3.75. The van der Waals surface area contributed by atoms with Crippen LogP contribution in [-0.2, 0) is 26.2 Å². The Hall–Kier alpha value is -2.58. The molecule has 0 spiro atoms. The molecule has 180 valence electrons. The molecular formula is C24H32ClN3O4S. The van der Waals surface area contributed by atoms with Gasteiger partial charge in [0, 0.05) is 18.1 Å². The van der Waals surface area contributed by atoms with Gasteiger partial charge in [-0.1, -0.05) is 55.8 Å². The van der Waals surface area contributed by atoms with Crippen LogP contribution in [0.1, 0.15) is 31.9 Å². The quantitative estimate of drug-likeness (QED) is 0.547. The summed E-state index contributed by atoms with van der Waals surface area (Å²) in [6.07, 6.45) is 1.06. The van der Waals surface area contributed by atoms with Gasteiger partial charge in [-0.15, -0.1) is 0 Å². The fourth-order valence-corrected chi connectivity index (χ4v) is 4.43. The van der Waals surface area contributed by atoms with Gasteiger partial charge in [-0.3, -0.25) is 13.9 Å². The zero-order valence-corrected chi connectivity index (χ0v) is 21.3. The van der Waals surface area contributed by atoms with Crippen LogP contribution in [0.2, 0.25) is 5.02 Å². The number of sulfonamides is 1. The first-order valence-electron chi connectivity index (χ1n) is 10.7. The molecule has 0 aromatic heterocycles. The van der Waals surface area contributed by atoms with Gasteiger partial charge in [0.15, 0.2) is 0 Å². The molecule has 0 aliphatic rings. The number of para-hydroxylation sites is 1. The van der Waals surface area contributed by atoms with Crippen LogP contribution in [0.4, 0.5) is 5.69 Å². The lowest BCUT2D eigenvalue weighted by Gasteiger charge is -2.32. The molecule has 33 heavy (non-hydrogen) atoms. The highest BCUT2D eigenvalue weighted by Crippen LogP contribution is 2.23. The number of anilines is 1. The molecule has 1 atom stereocenters. The average Bonchev–Trinajstić information content (AvgIpc) is 2.73. The number of hydrogen-bond donors (Lipinski definition) is 1. The SMILES string of the molecule is Cc1ccccc1N(CC(=O)N(Cc1cccc(Cl)c1)[C@@H](C)C(=O)NCC(C)C)S(C)(=O)=O. The van der Waals surface area contributed by atoms with Crippen molar-refractivity contribution < 1.29 is 18.0 Å². The van der Waals surface area contributed by atoms with Crippen molar-refractivity contribution in [2.75, 3.05) is 23.7 Å². The summed E-state index contributed by atoms with van der Waals surface area (Å²) >= 11 is 6.11. The molecule has 7 nitrogen and oxygen atoms in total.